The Labute approximate surface area is 143 Å². The van der Waals surface area contributed by atoms with Crippen molar-refractivity contribution in [1.82, 2.24) is 10.2 Å². The molecule has 24 heavy (non-hydrogen) atoms. The van der Waals surface area contributed by atoms with Crippen LogP contribution in [0.4, 0.5) is 0 Å². The number of oxime groups is 1. The molecule has 8 heteroatoms. The molecular formula is C16H27N3O4S. The fourth-order valence-electron chi connectivity index (χ4n) is 3.80. The van der Waals surface area contributed by atoms with E-state index in [1.807, 2.05) is 0 Å². The summed E-state index contributed by atoms with van der Waals surface area (Å²) in [5.41, 5.74) is 0.0251. The molecule has 3 aliphatic heterocycles. The molecule has 0 aromatic rings. The van der Waals surface area contributed by atoms with Crippen LogP contribution in [-0.2, 0) is 19.5 Å². The number of unbranched alkanes of at least 4 members (excludes halogenated alkanes) is 1. The zero-order valence-electron chi connectivity index (χ0n) is 14.3. The van der Waals surface area contributed by atoms with Crippen LogP contribution in [0.25, 0.3) is 0 Å². The third kappa shape index (κ3) is 4.08. The molecule has 0 bridgehead atoms. The van der Waals surface area contributed by atoms with Crippen molar-refractivity contribution in [3.63, 3.8) is 0 Å². The summed E-state index contributed by atoms with van der Waals surface area (Å²) in [5.74, 6) is -0.0975. The average molecular weight is 357 g/mol. The van der Waals surface area contributed by atoms with Crippen molar-refractivity contribution in [2.24, 2.45) is 5.16 Å². The van der Waals surface area contributed by atoms with Crippen LogP contribution >= 0.6 is 0 Å². The van der Waals surface area contributed by atoms with Gasteiger partial charge >= 0.3 is 0 Å². The molecule has 7 nitrogen and oxygen atoms in total. The van der Waals surface area contributed by atoms with Crippen LogP contribution in [-0.4, -0.2) is 67.7 Å². The Balaban J connectivity index is 1.53. The van der Waals surface area contributed by atoms with Crippen LogP contribution in [0.1, 0.15) is 45.4 Å². The smallest absolute Gasteiger partial charge is 0.269 e. The SMILES string of the molecule is CCCCN1CCC[C@@]2(CC(C(=O)N[C@@H]3CCS(=O)(=O)C3)=NO2)C1. The van der Waals surface area contributed by atoms with Gasteiger partial charge in [0.1, 0.15) is 5.71 Å². The lowest BCUT2D eigenvalue weighted by atomic mass is 9.88. The first-order valence-corrected chi connectivity index (χ1v) is 10.7. The Kier molecular flexibility index (Phi) is 5.15. The lowest BCUT2D eigenvalue weighted by molar-refractivity contribution is -0.115. The predicted octanol–water partition coefficient (Wildman–Crippen LogP) is 0.701. The number of amides is 1. The van der Waals surface area contributed by atoms with Crippen molar-refractivity contribution in [1.29, 1.82) is 0 Å². The molecule has 2 atom stereocenters. The fourth-order valence-corrected chi connectivity index (χ4v) is 5.48. The molecule has 0 aromatic heterocycles. The van der Waals surface area contributed by atoms with Gasteiger partial charge in [0.15, 0.2) is 15.4 Å². The third-order valence-corrected chi connectivity index (χ3v) is 6.88. The van der Waals surface area contributed by atoms with Crippen molar-refractivity contribution in [3.05, 3.63) is 0 Å². The van der Waals surface area contributed by atoms with Crippen LogP contribution < -0.4 is 5.32 Å². The Morgan fingerprint density at radius 3 is 3.04 bits per heavy atom. The molecule has 2 saturated heterocycles. The van der Waals surface area contributed by atoms with Gasteiger partial charge in [0, 0.05) is 19.0 Å². The summed E-state index contributed by atoms with van der Waals surface area (Å²) in [4.78, 5) is 20.5. The standard InChI is InChI=1S/C16H27N3O4S/c1-2-3-7-19-8-4-6-16(12-19)10-14(18-23-16)15(20)17-13-5-9-24(21,22)11-13/h13H,2-12H2,1H3,(H,17,20)/t13-,16-/m1/s1. The number of nitrogens with zero attached hydrogens (tertiary/aromatic N) is 2. The largest absolute Gasteiger partial charge is 0.387 e. The Bertz CT molecular complexity index is 619. The zero-order valence-corrected chi connectivity index (χ0v) is 15.1. The molecule has 2 fully saturated rings. The minimum Gasteiger partial charge on any atom is -0.387 e. The summed E-state index contributed by atoms with van der Waals surface area (Å²) in [6.45, 7) is 5.13. The minimum absolute atomic E-state index is 0.0306. The first-order chi connectivity index (χ1) is 11.4. The highest BCUT2D eigenvalue weighted by atomic mass is 32.2. The topological polar surface area (TPSA) is 88.1 Å². The lowest BCUT2D eigenvalue weighted by Crippen LogP contribution is -2.49. The minimum atomic E-state index is -3.00. The average Bonchev–Trinajstić information content (AvgIpc) is 3.09. The number of sulfone groups is 1. The van der Waals surface area contributed by atoms with Gasteiger partial charge in [-0.25, -0.2) is 8.42 Å². The molecule has 0 aliphatic carbocycles. The molecule has 3 aliphatic rings. The molecule has 3 heterocycles. The Morgan fingerprint density at radius 2 is 2.33 bits per heavy atom. The molecule has 1 N–H and O–H groups in total. The van der Waals surface area contributed by atoms with Crippen LogP contribution in [0.3, 0.4) is 0 Å². The Morgan fingerprint density at radius 1 is 1.50 bits per heavy atom. The van der Waals surface area contributed by atoms with Crippen LogP contribution in [0, 0.1) is 0 Å². The number of hydrogen-bond acceptors (Lipinski definition) is 6. The first kappa shape index (κ1) is 17.7. The Hall–Kier alpha value is -1.15. The van der Waals surface area contributed by atoms with Gasteiger partial charge in [-0.05, 0) is 38.8 Å². The van der Waals surface area contributed by atoms with Crippen molar-refractivity contribution in [2.45, 2.75) is 57.1 Å². The molecule has 0 aromatic carbocycles. The van der Waals surface area contributed by atoms with Crippen LogP contribution in [0.5, 0.6) is 0 Å². The molecule has 0 unspecified atom stereocenters. The number of piperidine rings is 1. The zero-order chi connectivity index (χ0) is 17.2. The number of rotatable bonds is 5. The maximum atomic E-state index is 12.4. The number of carbonyl (C=O) groups is 1. The highest BCUT2D eigenvalue weighted by Crippen LogP contribution is 2.33. The van der Waals surface area contributed by atoms with Crippen molar-refractivity contribution in [2.75, 3.05) is 31.1 Å². The fraction of sp³-hybridized carbons (Fsp3) is 0.875. The van der Waals surface area contributed by atoms with E-state index in [-0.39, 0.29) is 29.1 Å². The summed E-state index contributed by atoms with van der Waals surface area (Å²) in [6, 6.07) is -0.297. The van der Waals surface area contributed by atoms with Gasteiger partial charge in [0.25, 0.3) is 5.91 Å². The van der Waals surface area contributed by atoms with E-state index in [9.17, 15) is 13.2 Å². The number of likely N-dealkylation sites (tertiary alicyclic amines) is 1. The monoisotopic (exact) mass is 357 g/mol. The van der Waals surface area contributed by atoms with Gasteiger partial charge < -0.3 is 10.2 Å². The maximum Gasteiger partial charge on any atom is 0.269 e. The molecule has 3 rings (SSSR count). The maximum absolute atomic E-state index is 12.4. The van der Waals surface area contributed by atoms with Crippen molar-refractivity contribution < 1.29 is 18.0 Å². The van der Waals surface area contributed by atoms with E-state index < -0.39 is 9.84 Å². The van der Waals surface area contributed by atoms with Crippen molar-refractivity contribution >= 4 is 21.5 Å². The van der Waals surface area contributed by atoms with Crippen LogP contribution in [0.15, 0.2) is 5.16 Å². The van der Waals surface area contributed by atoms with Gasteiger partial charge in [-0.1, -0.05) is 18.5 Å². The van der Waals surface area contributed by atoms with Gasteiger partial charge in [0.05, 0.1) is 11.5 Å². The second-order valence-corrected chi connectivity index (χ2v) is 9.52. The summed E-state index contributed by atoms with van der Waals surface area (Å²) < 4.78 is 23.0. The summed E-state index contributed by atoms with van der Waals surface area (Å²) in [7, 11) is -3.00. The highest BCUT2D eigenvalue weighted by molar-refractivity contribution is 7.91. The van der Waals surface area contributed by atoms with E-state index in [0.29, 0.717) is 18.6 Å². The van der Waals surface area contributed by atoms with Gasteiger partial charge in [0.2, 0.25) is 0 Å². The second-order valence-electron chi connectivity index (χ2n) is 7.30. The molecule has 1 spiro atoms. The predicted molar refractivity (Wildman–Crippen MR) is 91.7 cm³/mol. The normalized spacial score (nSPS) is 32.5. The molecule has 136 valence electrons. The van der Waals surface area contributed by atoms with E-state index >= 15 is 0 Å². The van der Waals surface area contributed by atoms with Gasteiger partial charge in [-0.2, -0.15) is 0 Å². The van der Waals surface area contributed by atoms with Gasteiger partial charge in [-0.3, -0.25) is 9.69 Å². The summed E-state index contributed by atoms with van der Waals surface area (Å²) >= 11 is 0. The molecule has 0 saturated carbocycles. The van der Waals surface area contributed by atoms with E-state index in [2.05, 4.69) is 22.3 Å². The lowest BCUT2D eigenvalue weighted by Gasteiger charge is -2.38. The first-order valence-electron chi connectivity index (χ1n) is 8.90. The van der Waals surface area contributed by atoms with E-state index in [1.165, 1.54) is 12.8 Å². The van der Waals surface area contributed by atoms with Crippen LogP contribution in [0.2, 0.25) is 0 Å². The highest BCUT2D eigenvalue weighted by Gasteiger charge is 2.44. The summed E-state index contributed by atoms with van der Waals surface area (Å²) in [6.07, 6.45) is 5.29. The quantitative estimate of drug-likeness (QED) is 0.782. The van der Waals surface area contributed by atoms with E-state index in [1.54, 1.807) is 0 Å². The number of nitrogens with one attached hydrogen (secondary N) is 1. The molecular weight excluding hydrogens is 330 g/mol. The molecule has 0 radical (unpaired) electrons. The number of carbonyl (C=O) groups excluding carboxylic acids is 1. The summed E-state index contributed by atoms with van der Waals surface area (Å²) in [5, 5.41) is 6.84. The van der Waals surface area contributed by atoms with Gasteiger partial charge in [-0.15, -0.1) is 0 Å². The molecule has 1 amide bonds. The van der Waals surface area contributed by atoms with Crippen molar-refractivity contribution in [3.8, 4) is 0 Å². The van der Waals surface area contributed by atoms with E-state index in [0.717, 1.165) is 32.5 Å². The third-order valence-electron chi connectivity index (χ3n) is 5.12. The van der Waals surface area contributed by atoms with E-state index in [4.69, 9.17) is 4.84 Å². The second kappa shape index (κ2) is 7.00. The number of hydrogen-bond donors (Lipinski definition) is 1.